The minimum absolute atomic E-state index is 0.0315. The number of Topliss-reactive ketones (excluding diaryl/α,β-unsaturated/α-hetero) is 1. The SMILES string of the molecule is C[C@]1(COCc2ccc3ccccc3c2)[C@@]2(O)CC=C[C@H]2C(=O)[C@@]1(C)COCc1ccc2ccccc2c1. The zero-order chi connectivity index (χ0) is 26.4. The van der Waals surface area contributed by atoms with Crippen LogP contribution < -0.4 is 0 Å². The van der Waals surface area contributed by atoms with E-state index in [1.807, 2.05) is 50.3 Å². The topological polar surface area (TPSA) is 55.8 Å². The minimum atomic E-state index is -1.19. The maximum atomic E-state index is 13.8. The molecule has 2 aliphatic rings. The van der Waals surface area contributed by atoms with Crippen LogP contribution in [0.15, 0.2) is 97.1 Å². The molecule has 0 spiro atoms. The Morgan fingerprint density at radius 2 is 1.29 bits per heavy atom. The second-order valence-corrected chi connectivity index (χ2v) is 11.4. The van der Waals surface area contributed by atoms with E-state index in [0.717, 1.165) is 16.5 Å². The van der Waals surface area contributed by atoms with Crippen molar-refractivity contribution in [3.05, 3.63) is 108 Å². The Labute approximate surface area is 223 Å². The first-order valence-electron chi connectivity index (χ1n) is 13.4. The summed E-state index contributed by atoms with van der Waals surface area (Å²) in [4.78, 5) is 13.8. The predicted octanol–water partition coefficient (Wildman–Crippen LogP) is 6.63. The molecular weight excluding hydrogens is 472 g/mol. The number of ketones is 1. The van der Waals surface area contributed by atoms with Crippen molar-refractivity contribution >= 4 is 27.3 Å². The van der Waals surface area contributed by atoms with Gasteiger partial charge in [0.1, 0.15) is 0 Å². The van der Waals surface area contributed by atoms with E-state index >= 15 is 0 Å². The molecule has 0 bridgehead atoms. The van der Waals surface area contributed by atoms with Crippen molar-refractivity contribution in [3.63, 3.8) is 0 Å². The Morgan fingerprint density at radius 3 is 1.87 bits per heavy atom. The number of rotatable bonds is 8. The van der Waals surface area contributed by atoms with E-state index < -0.39 is 22.3 Å². The Balaban J connectivity index is 1.20. The summed E-state index contributed by atoms with van der Waals surface area (Å²) in [5, 5.41) is 16.6. The lowest BCUT2D eigenvalue weighted by Gasteiger charge is -2.46. The van der Waals surface area contributed by atoms with Crippen molar-refractivity contribution in [1.29, 1.82) is 0 Å². The van der Waals surface area contributed by atoms with Crippen LogP contribution in [0.5, 0.6) is 0 Å². The van der Waals surface area contributed by atoms with Gasteiger partial charge >= 0.3 is 0 Å². The zero-order valence-corrected chi connectivity index (χ0v) is 22.0. The first-order chi connectivity index (χ1) is 18.3. The van der Waals surface area contributed by atoms with E-state index in [1.165, 1.54) is 16.2 Å². The molecule has 4 aromatic carbocycles. The van der Waals surface area contributed by atoms with Gasteiger partial charge in [-0.15, -0.1) is 0 Å². The third-order valence-electron chi connectivity index (χ3n) is 9.22. The van der Waals surface area contributed by atoms with E-state index in [-0.39, 0.29) is 19.0 Å². The molecule has 194 valence electrons. The summed E-state index contributed by atoms with van der Waals surface area (Å²) in [6.07, 6.45) is 4.25. The molecule has 0 amide bonds. The van der Waals surface area contributed by atoms with Crippen LogP contribution in [0.25, 0.3) is 21.5 Å². The van der Waals surface area contributed by atoms with Crippen molar-refractivity contribution < 1.29 is 19.4 Å². The fraction of sp³-hybridized carbons (Fsp3) is 0.324. The largest absolute Gasteiger partial charge is 0.388 e. The van der Waals surface area contributed by atoms with Crippen LogP contribution >= 0.6 is 0 Å². The minimum Gasteiger partial charge on any atom is -0.388 e. The molecule has 4 heteroatoms. The highest BCUT2D eigenvalue weighted by Gasteiger charge is 2.72. The summed E-state index contributed by atoms with van der Waals surface area (Å²) >= 11 is 0. The van der Waals surface area contributed by atoms with E-state index in [4.69, 9.17) is 9.47 Å². The van der Waals surface area contributed by atoms with Crippen molar-refractivity contribution in [1.82, 2.24) is 0 Å². The van der Waals surface area contributed by atoms with E-state index in [2.05, 4.69) is 60.7 Å². The van der Waals surface area contributed by atoms with Crippen LogP contribution in [0, 0.1) is 16.7 Å². The number of hydrogen-bond donors (Lipinski definition) is 1. The van der Waals surface area contributed by atoms with E-state index in [1.54, 1.807) is 0 Å². The van der Waals surface area contributed by atoms with Crippen LogP contribution in [-0.4, -0.2) is 29.7 Å². The molecule has 0 saturated heterocycles. The zero-order valence-electron chi connectivity index (χ0n) is 22.0. The number of ether oxygens (including phenoxy) is 2. The molecule has 1 N–H and O–H groups in total. The number of fused-ring (bicyclic) bond motifs is 3. The monoisotopic (exact) mass is 506 g/mol. The summed E-state index contributed by atoms with van der Waals surface area (Å²) in [5.41, 5.74) is -0.762. The second kappa shape index (κ2) is 9.46. The lowest BCUT2D eigenvalue weighted by atomic mass is 9.62. The van der Waals surface area contributed by atoms with Gasteiger partial charge in [-0.05, 0) is 58.1 Å². The molecule has 0 unspecified atom stereocenters. The molecule has 4 nitrogen and oxygen atoms in total. The van der Waals surface area contributed by atoms with Gasteiger partial charge < -0.3 is 14.6 Å². The Kier molecular flexibility index (Phi) is 6.22. The number of benzene rings is 4. The Bertz CT molecular complexity index is 1540. The van der Waals surface area contributed by atoms with Gasteiger partial charge in [-0.2, -0.15) is 0 Å². The third-order valence-corrected chi connectivity index (χ3v) is 9.22. The maximum Gasteiger partial charge on any atom is 0.151 e. The average molecular weight is 507 g/mol. The first kappa shape index (κ1) is 25.0. The molecule has 0 aromatic heterocycles. The molecular formula is C34H34O4. The molecule has 0 aliphatic heterocycles. The number of hydrogen-bond acceptors (Lipinski definition) is 4. The average Bonchev–Trinajstić information content (AvgIpc) is 3.38. The maximum absolute atomic E-state index is 13.8. The van der Waals surface area contributed by atoms with Gasteiger partial charge in [0, 0.05) is 5.41 Å². The number of carbonyl (C=O) groups excluding carboxylic acids is 1. The van der Waals surface area contributed by atoms with Gasteiger partial charge in [0.15, 0.2) is 5.78 Å². The molecule has 4 atom stereocenters. The van der Waals surface area contributed by atoms with Crippen molar-refractivity contribution in [2.45, 2.75) is 39.1 Å². The summed E-state index contributed by atoms with van der Waals surface area (Å²) in [5.74, 6) is -0.505. The lowest BCUT2D eigenvalue weighted by Crippen LogP contribution is -2.54. The quantitative estimate of drug-likeness (QED) is 0.273. The van der Waals surface area contributed by atoms with Gasteiger partial charge in [0.25, 0.3) is 0 Å². The van der Waals surface area contributed by atoms with Crippen molar-refractivity contribution in [3.8, 4) is 0 Å². The highest BCUT2D eigenvalue weighted by molar-refractivity contribution is 5.94. The van der Waals surface area contributed by atoms with Crippen molar-refractivity contribution in [2.24, 2.45) is 16.7 Å². The summed E-state index contributed by atoms with van der Waals surface area (Å²) in [6, 6.07) is 29.1. The van der Waals surface area contributed by atoms with Gasteiger partial charge in [0.2, 0.25) is 0 Å². The highest BCUT2D eigenvalue weighted by Crippen LogP contribution is 2.62. The van der Waals surface area contributed by atoms with E-state index in [0.29, 0.717) is 19.6 Å². The predicted molar refractivity (Wildman–Crippen MR) is 151 cm³/mol. The van der Waals surface area contributed by atoms with Gasteiger partial charge in [-0.25, -0.2) is 0 Å². The van der Waals surface area contributed by atoms with E-state index in [9.17, 15) is 9.90 Å². The third kappa shape index (κ3) is 3.90. The normalized spacial score (nSPS) is 28.4. The van der Waals surface area contributed by atoms with Crippen LogP contribution in [0.2, 0.25) is 0 Å². The Hall–Kier alpha value is -3.31. The summed E-state index contributed by atoms with van der Waals surface area (Å²) in [7, 11) is 0. The molecule has 1 fully saturated rings. The second-order valence-electron chi connectivity index (χ2n) is 11.4. The van der Waals surface area contributed by atoms with Crippen LogP contribution in [0.3, 0.4) is 0 Å². The molecule has 6 rings (SSSR count). The van der Waals surface area contributed by atoms with Gasteiger partial charge in [-0.1, -0.05) is 91.9 Å². The van der Waals surface area contributed by atoms with Gasteiger partial charge in [-0.3, -0.25) is 4.79 Å². The fourth-order valence-corrected chi connectivity index (χ4v) is 6.55. The highest BCUT2D eigenvalue weighted by atomic mass is 16.5. The molecule has 1 saturated carbocycles. The first-order valence-corrected chi connectivity index (χ1v) is 13.4. The molecule has 4 aromatic rings. The summed E-state index contributed by atoms with van der Waals surface area (Å²) < 4.78 is 12.5. The van der Waals surface area contributed by atoms with Crippen molar-refractivity contribution in [2.75, 3.05) is 13.2 Å². The smallest absolute Gasteiger partial charge is 0.151 e. The Morgan fingerprint density at radius 1 is 0.763 bits per heavy atom. The molecule has 38 heavy (non-hydrogen) atoms. The van der Waals surface area contributed by atoms with Crippen LogP contribution in [-0.2, 0) is 27.5 Å². The molecule has 0 radical (unpaired) electrons. The van der Waals surface area contributed by atoms with Crippen LogP contribution in [0.1, 0.15) is 31.4 Å². The lowest BCUT2D eigenvalue weighted by molar-refractivity contribution is -0.160. The molecule has 0 heterocycles. The van der Waals surface area contributed by atoms with Gasteiger partial charge in [0.05, 0.1) is 43.4 Å². The fourth-order valence-electron chi connectivity index (χ4n) is 6.55. The standard InChI is InChI=1S/C34H34O4/c1-32(22-37-20-24-13-15-26-8-3-5-10-28(26)18-24)31(35)30-12-7-17-34(30,36)33(32,2)23-38-21-25-14-16-27-9-4-6-11-29(27)19-25/h3-16,18-19,30,36H,17,20-23H2,1-2H3/t30-,32+,33+,34+/m0/s1. The number of carbonyl (C=O) groups is 1. The summed E-state index contributed by atoms with van der Waals surface area (Å²) in [6.45, 7) is 5.24. The molecule has 2 aliphatic carbocycles. The van der Waals surface area contributed by atoms with Crippen LogP contribution in [0.4, 0.5) is 0 Å². The number of aliphatic hydroxyl groups is 1.